The van der Waals surface area contributed by atoms with Crippen molar-refractivity contribution in [2.75, 3.05) is 19.6 Å². The SMILES string of the molecule is C[C@@H]1CN(C(=O)c2ccccc2)CCN1S(=O)(=O)c1ccc(-c2cn(Cc3ccccc3)nn2)s1. The van der Waals surface area contributed by atoms with Gasteiger partial charge in [-0.25, -0.2) is 13.1 Å². The van der Waals surface area contributed by atoms with Gasteiger partial charge in [0.1, 0.15) is 9.90 Å². The van der Waals surface area contributed by atoms with Crippen molar-refractivity contribution in [3.8, 4) is 10.6 Å². The maximum Gasteiger partial charge on any atom is 0.253 e. The summed E-state index contributed by atoms with van der Waals surface area (Å²) in [5.41, 5.74) is 2.36. The van der Waals surface area contributed by atoms with Crippen LogP contribution in [-0.4, -0.2) is 64.2 Å². The monoisotopic (exact) mass is 507 g/mol. The molecule has 0 N–H and O–H groups in total. The van der Waals surface area contributed by atoms with E-state index in [0.29, 0.717) is 30.9 Å². The minimum atomic E-state index is -3.69. The summed E-state index contributed by atoms with van der Waals surface area (Å²) in [4.78, 5) is 15.3. The molecule has 1 atom stereocenters. The Morgan fingerprint density at radius 3 is 2.43 bits per heavy atom. The zero-order chi connectivity index (χ0) is 24.4. The molecule has 0 saturated carbocycles. The summed E-state index contributed by atoms with van der Waals surface area (Å²) >= 11 is 1.19. The van der Waals surface area contributed by atoms with Crippen molar-refractivity contribution < 1.29 is 13.2 Å². The lowest BCUT2D eigenvalue weighted by molar-refractivity contribution is 0.0642. The third kappa shape index (κ3) is 4.90. The number of aromatic nitrogens is 3. The Morgan fingerprint density at radius 1 is 1.00 bits per heavy atom. The van der Waals surface area contributed by atoms with Crippen LogP contribution in [0.1, 0.15) is 22.8 Å². The minimum Gasteiger partial charge on any atom is -0.336 e. The highest BCUT2D eigenvalue weighted by Gasteiger charge is 2.36. The number of hydrogen-bond donors (Lipinski definition) is 0. The zero-order valence-electron chi connectivity index (χ0n) is 19.2. The van der Waals surface area contributed by atoms with Crippen LogP contribution in [0.5, 0.6) is 0 Å². The third-order valence-corrected chi connectivity index (χ3v) is 9.59. The first-order valence-electron chi connectivity index (χ1n) is 11.3. The largest absolute Gasteiger partial charge is 0.336 e. The molecule has 1 saturated heterocycles. The highest BCUT2D eigenvalue weighted by atomic mass is 32.2. The van der Waals surface area contributed by atoms with Crippen molar-refractivity contribution in [2.24, 2.45) is 0 Å². The quantitative estimate of drug-likeness (QED) is 0.398. The minimum absolute atomic E-state index is 0.0773. The summed E-state index contributed by atoms with van der Waals surface area (Å²) in [6.45, 7) is 3.38. The smallest absolute Gasteiger partial charge is 0.253 e. The highest BCUT2D eigenvalue weighted by Crippen LogP contribution is 2.32. The molecule has 4 aromatic rings. The normalized spacial score (nSPS) is 16.9. The first-order valence-corrected chi connectivity index (χ1v) is 13.6. The van der Waals surface area contributed by atoms with E-state index < -0.39 is 10.0 Å². The van der Waals surface area contributed by atoms with Gasteiger partial charge in [0.15, 0.2) is 0 Å². The molecule has 2 aromatic heterocycles. The van der Waals surface area contributed by atoms with Crippen molar-refractivity contribution in [3.05, 3.63) is 90.1 Å². The molecular formula is C25H25N5O3S2. The van der Waals surface area contributed by atoms with Crippen LogP contribution in [0.2, 0.25) is 0 Å². The molecule has 35 heavy (non-hydrogen) atoms. The summed E-state index contributed by atoms with van der Waals surface area (Å²) in [7, 11) is -3.69. The van der Waals surface area contributed by atoms with E-state index in [9.17, 15) is 13.2 Å². The lowest BCUT2D eigenvalue weighted by Crippen LogP contribution is -2.55. The molecule has 1 aliphatic heterocycles. The number of piperazine rings is 1. The van der Waals surface area contributed by atoms with Gasteiger partial charge in [0.05, 0.1) is 17.6 Å². The fourth-order valence-corrected chi connectivity index (χ4v) is 7.22. The number of carbonyl (C=O) groups is 1. The molecule has 0 unspecified atom stereocenters. The van der Waals surface area contributed by atoms with Crippen LogP contribution in [-0.2, 0) is 16.6 Å². The van der Waals surface area contributed by atoms with Crippen molar-refractivity contribution in [1.82, 2.24) is 24.2 Å². The summed E-state index contributed by atoms with van der Waals surface area (Å²) in [5, 5.41) is 8.42. The van der Waals surface area contributed by atoms with Gasteiger partial charge in [-0.05, 0) is 36.8 Å². The van der Waals surface area contributed by atoms with Crippen molar-refractivity contribution >= 4 is 27.3 Å². The fourth-order valence-electron chi connectivity index (χ4n) is 4.22. The topological polar surface area (TPSA) is 88.4 Å². The molecule has 1 amide bonds. The second kappa shape index (κ2) is 9.73. The van der Waals surface area contributed by atoms with Gasteiger partial charge in [-0.3, -0.25) is 4.79 Å². The third-order valence-electron chi connectivity index (χ3n) is 6.00. The fraction of sp³-hybridized carbons (Fsp3) is 0.240. The molecule has 0 radical (unpaired) electrons. The number of benzene rings is 2. The molecule has 0 aliphatic carbocycles. The van der Waals surface area contributed by atoms with Crippen LogP contribution in [0.3, 0.4) is 0 Å². The summed E-state index contributed by atoms with van der Waals surface area (Å²) in [6, 6.07) is 22.1. The Balaban J connectivity index is 1.28. The van der Waals surface area contributed by atoms with E-state index in [1.165, 1.54) is 15.6 Å². The van der Waals surface area contributed by atoms with Crippen LogP contribution in [0.4, 0.5) is 0 Å². The maximum atomic E-state index is 13.4. The van der Waals surface area contributed by atoms with Crippen LogP contribution < -0.4 is 0 Å². The van der Waals surface area contributed by atoms with Gasteiger partial charge in [0.25, 0.3) is 15.9 Å². The molecule has 1 aliphatic rings. The van der Waals surface area contributed by atoms with Gasteiger partial charge < -0.3 is 4.90 Å². The molecule has 180 valence electrons. The molecule has 0 spiro atoms. The van der Waals surface area contributed by atoms with Gasteiger partial charge in [-0.2, -0.15) is 4.31 Å². The molecule has 8 nitrogen and oxygen atoms in total. The first-order chi connectivity index (χ1) is 16.9. The standard InChI is InChI=1S/C25H25N5O3S2/c1-19-16-28(25(31)21-10-6-3-7-11-21)14-15-30(19)35(32,33)24-13-12-23(34-24)22-18-29(27-26-22)17-20-8-4-2-5-9-20/h2-13,18-19H,14-17H2,1H3/t19-/m1/s1. The van der Waals surface area contributed by atoms with E-state index in [2.05, 4.69) is 10.3 Å². The van der Waals surface area contributed by atoms with E-state index >= 15 is 0 Å². The number of carbonyl (C=O) groups excluding carboxylic acids is 1. The Bertz CT molecular complexity index is 1420. The van der Waals surface area contributed by atoms with E-state index in [0.717, 1.165) is 10.4 Å². The number of amides is 1. The highest BCUT2D eigenvalue weighted by molar-refractivity contribution is 7.91. The lowest BCUT2D eigenvalue weighted by atomic mass is 10.1. The molecule has 2 aromatic carbocycles. The predicted octanol–water partition coefficient (Wildman–Crippen LogP) is 3.59. The molecule has 1 fully saturated rings. The van der Waals surface area contributed by atoms with E-state index in [-0.39, 0.29) is 22.7 Å². The number of thiophene rings is 1. The van der Waals surface area contributed by atoms with Gasteiger partial charge in [0.2, 0.25) is 0 Å². The number of rotatable bonds is 6. The summed E-state index contributed by atoms with van der Waals surface area (Å²) in [6.07, 6.45) is 1.83. The second-order valence-electron chi connectivity index (χ2n) is 8.49. The molecule has 10 heteroatoms. The van der Waals surface area contributed by atoms with Crippen molar-refractivity contribution in [2.45, 2.75) is 23.7 Å². The van der Waals surface area contributed by atoms with E-state index in [1.807, 2.05) is 61.7 Å². The lowest BCUT2D eigenvalue weighted by Gasteiger charge is -2.38. The molecular weight excluding hydrogens is 482 g/mol. The molecule has 5 rings (SSSR count). The van der Waals surface area contributed by atoms with Gasteiger partial charge in [0, 0.05) is 31.2 Å². The maximum absolute atomic E-state index is 13.4. The van der Waals surface area contributed by atoms with Crippen molar-refractivity contribution in [3.63, 3.8) is 0 Å². The summed E-state index contributed by atoms with van der Waals surface area (Å²) in [5.74, 6) is -0.0773. The Labute approximate surface area is 208 Å². The van der Waals surface area contributed by atoms with Gasteiger partial charge >= 0.3 is 0 Å². The average Bonchev–Trinajstić information content (AvgIpc) is 3.55. The number of nitrogens with zero attached hydrogens (tertiary/aromatic N) is 5. The van der Waals surface area contributed by atoms with Gasteiger partial charge in [-0.1, -0.05) is 53.7 Å². The molecule has 0 bridgehead atoms. The van der Waals surface area contributed by atoms with Crippen LogP contribution in [0.15, 0.2) is 83.2 Å². The zero-order valence-corrected chi connectivity index (χ0v) is 20.8. The Morgan fingerprint density at radius 2 is 1.71 bits per heavy atom. The number of hydrogen-bond acceptors (Lipinski definition) is 6. The van der Waals surface area contributed by atoms with E-state index in [4.69, 9.17) is 0 Å². The van der Waals surface area contributed by atoms with Crippen LogP contribution >= 0.6 is 11.3 Å². The summed E-state index contributed by atoms with van der Waals surface area (Å²) < 4.78 is 30.3. The number of sulfonamides is 1. The van der Waals surface area contributed by atoms with Crippen LogP contribution in [0, 0.1) is 0 Å². The first kappa shape index (κ1) is 23.4. The van der Waals surface area contributed by atoms with Gasteiger partial charge in [-0.15, -0.1) is 16.4 Å². The Kier molecular flexibility index (Phi) is 6.50. The van der Waals surface area contributed by atoms with E-state index in [1.54, 1.807) is 33.8 Å². The van der Waals surface area contributed by atoms with Crippen LogP contribution in [0.25, 0.3) is 10.6 Å². The average molecular weight is 508 g/mol. The Hall–Kier alpha value is -3.34. The molecule has 3 heterocycles. The van der Waals surface area contributed by atoms with Crippen molar-refractivity contribution in [1.29, 1.82) is 0 Å². The predicted molar refractivity (Wildman–Crippen MR) is 135 cm³/mol. The second-order valence-corrected chi connectivity index (χ2v) is 11.7.